The third-order valence-electron chi connectivity index (χ3n) is 6.25. The molecule has 2 aromatic carbocycles. The van der Waals surface area contributed by atoms with Crippen LogP contribution in [0.25, 0.3) is 10.8 Å². The molecule has 30 heavy (non-hydrogen) atoms. The lowest BCUT2D eigenvalue weighted by Crippen LogP contribution is -2.45. The first kappa shape index (κ1) is 21.0. The predicted molar refractivity (Wildman–Crippen MR) is 122 cm³/mol. The molecule has 158 valence electrons. The summed E-state index contributed by atoms with van der Waals surface area (Å²) in [6.45, 7) is 2.37. The first-order chi connectivity index (χ1) is 14.6. The molecule has 2 aromatic rings. The zero-order chi connectivity index (χ0) is 21.1. The molecule has 2 unspecified atom stereocenters. The van der Waals surface area contributed by atoms with Gasteiger partial charge in [0.1, 0.15) is 5.92 Å². The molecule has 0 radical (unpaired) electrons. The van der Waals surface area contributed by atoms with Gasteiger partial charge in [-0.25, -0.2) is 9.79 Å². The van der Waals surface area contributed by atoms with Gasteiger partial charge in [-0.05, 0) is 57.4 Å². The summed E-state index contributed by atoms with van der Waals surface area (Å²) >= 11 is 3.71. The Morgan fingerprint density at radius 2 is 1.93 bits per heavy atom. The Morgan fingerprint density at radius 1 is 1.17 bits per heavy atom. The van der Waals surface area contributed by atoms with Gasteiger partial charge >= 0.3 is 12.0 Å². The largest absolute Gasteiger partial charge is 0.465 e. The molecule has 6 heteroatoms. The van der Waals surface area contributed by atoms with Crippen LogP contribution >= 0.6 is 15.9 Å². The minimum absolute atomic E-state index is 0.300. The van der Waals surface area contributed by atoms with Crippen LogP contribution in [-0.2, 0) is 9.53 Å². The summed E-state index contributed by atoms with van der Waals surface area (Å²) < 4.78 is 6.66. The van der Waals surface area contributed by atoms with E-state index in [2.05, 4.69) is 26.2 Å². The number of amides is 2. The highest BCUT2D eigenvalue weighted by Crippen LogP contribution is 2.37. The van der Waals surface area contributed by atoms with E-state index in [0.717, 1.165) is 33.7 Å². The highest BCUT2D eigenvalue weighted by molar-refractivity contribution is 9.10. The second kappa shape index (κ2) is 9.29. The number of nitrogens with zero attached hydrogens (tertiary/aromatic N) is 1. The standard InChI is InChI=1S/C24H27BrN2O3/c1-2-19-20(23(28)30-14-15-8-4-3-5-9-15)22(27-24(29)26-19)18-13-12-16-10-6-7-11-17(16)21(18)25/h6-7,10-13,15,20,22H,2-5,8-9,14H2,1H3,(H,27,29). The highest BCUT2D eigenvalue weighted by Gasteiger charge is 2.40. The first-order valence-corrected chi connectivity index (χ1v) is 11.6. The maximum Gasteiger partial charge on any atom is 0.341 e. The van der Waals surface area contributed by atoms with E-state index in [4.69, 9.17) is 4.74 Å². The number of benzene rings is 2. The van der Waals surface area contributed by atoms with Gasteiger partial charge in [-0.2, -0.15) is 0 Å². The van der Waals surface area contributed by atoms with E-state index in [1.54, 1.807) is 0 Å². The Balaban J connectivity index is 1.64. The second-order valence-corrected chi connectivity index (χ2v) is 8.98. The van der Waals surface area contributed by atoms with Gasteiger partial charge < -0.3 is 10.1 Å². The summed E-state index contributed by atoms with van der Waals surface area (Å²) in [6.07, 6.45) is 6.43. The molecule has 2 aliphatic rings. The monoisotopic (exact) mass is 470 g/mol. The van der Waals surface area contributed by atoms with E-state index < -0.39 is 18.0 Å². The highest BCUT2D eigenvalue weighted by atomic mass is 79.9. The molecule has 0 bridgehead atoms. The predicted octanol–water partition coefficient (Wildman–Crippen LogP) is 5.96. The molecule has 5 nitrogen and oxygen atoms in total. The maximum atomic E-state index is 13.2. The first-order valence-electron chi connectivity index (χ1n) is 10.8. The molecular formula is C24H27BrN2O3. The molecule has 1 saturated carbocycles. The van der Waals surface area contributed by atoms with Crippen LogP contribution in [0.5, 0.6) is 0 Å². The van der Waals surface area contributed by atoms with Gasteiger partial charge in [-0.3, -0.25) is 4.79 Å². The van der Waals surface area contributed by atoms with Crippen molar-refractivity contribution >= 4 is 44.4 Å². The Bertz CT molecular complexity index is 982. The molecule has 2 amide bonds. The lowest BCUT2D eigenvalue weighted by atomic mass is 9.85. The van der Waals surface area contributed by atoms with Gasteiger partial charge in [0, 0.05) is 10.2 Å². The number of carbonyl (C=O) groups is 2. The van der Waals surface area contributed by atoms with Crippen molar-refractivity contribution in [2.75, 3.05) is 6.61 Å². The molecule has 1 N–H and O–H groups in total. The third-order valence-corrected chi connectivity index (χ3v) is 7.13. The van der Waals surface area contributed by atoms with Crippen LogP contribution in [0.3, 0.4) is 0 Å². The molecule has 0 saturated heterocycles. The average molecular weight is 471 g/mol. The van der Waals surface area contributed by atoms with Crippen molar-refractivity contribution in [2.24, 2.45) is 16.8 Å². The fourth-order valence-electron chi connectivity index (χ4n) is 4.60. The number of nitrogens with one attached hydrogen (secondary N) is 1. The second-order valence-electron chi connectivity index (χ2n) is 8.19. The van der Waals surface area contributed by atoms with Crippen molar-refractivity contribution in [3.05, 3.63) is 46.4 Å². The minimum atomic E-state index is -0.617. The van der Waals surface area contributed by atoms with Crippen molar-refractivity contribution in [1.82, 2.24) is 5.32 Å². The molecule has 1 aliphatic heterocycles. The molecular weight excluding hydrogens is 444 g/mol. The molecule has 2 atom stereocenters. The van der Waals surface area contributed by atoms with Gasteiger partial charge in [0.05, 0.1) is 12.6 Å². The van der Waals surface area contributed by atoms with Gasteiger partial charge in [0.25, 0.3) is 0 Å². The quantitative estimate of drug-likeness (QED) is 0.548. The average Bonchev–Trinajstić information content (AvgIpc) is 2.78. The van der Waals surface area contributed by atoms with Gasteiger partial charge in [-0.1, -0.05) is 62.6 Å². The van der Waals surface area contributed by atoms with E-state index in [-0.39, 0.29) is 5.97 Å². The lowest BCUT2D eigenvalue weighted by molar-refractivity contribution is -0.148. The Labute approximate surface area is 185 Å². The molecule has 0 spiro atoms. The van der Waals surface area contributed by atoms with Crippen LogP contribution in [0.2, 0.25) is 0 Å². The number of ether oxygens (including phenoxy) is 1. The van der Waals surface area contributed by atoms with E-state index in [1.807, 2.05) is 43.3 Å². The summed E-state index contributed by atoms with van der Waals surface area (Å²) in [5.41, 5.74) is 1.44. The van der Waals surface area contributed by atoms with Crippen LogP contribution < -0.4 is 5.32 Å². The molecule has 4 rings (SSSR count). The number of carbonyl (C=O) groups excluding carboxylic acids is 2. The van der Waals surface area contributed by atoms with Crippen molar-refractivity contribution < 1.29 is 14.3 Å². The van der Waals surface area contributed by atoms with Crippen LogP contribution in [0.1, 0.15) is 57.1 Å². The summed E-state index contributed by atoms with van der Waals surface area (Å²) in [5.74, 6) is -0.478. The molecule has 1 fully saturated rings. The van der Waals surface area contributed by atoms with Crippen LogP contribution in [0.4, 0.5) is 4.79 Å². The summed E-state index contributed by atoms with van der Waals surface area (Å²) in [4.78, 5) is 29.6. The van der Waals surface area contributed by atoms with E-state index in [1.165, 1.54) is 19.3 Å². The normalized spacial score (nSPS) is 22.5. The fraction of sp³-hybridized carbons (Fsp3) is 0.458. The van der Waals surface area contributed by atoms with Crippen LogP contribution in [-0.4, -0.2) is 24.3 Å². The number of hydrogen-bond acceptors (Lipinski definition) is 3. The van der Waals surface area contributed by atoms with Gasteiger partial charge in [-0.15, -0.1) is 0 Å². The SMILES string of the molecule is CCC1=NC(=O)NC(c2ccc3ccccc3c2Br)C1C(=O)OCC1CCCCC1. The number of aliphatic imine (C=N–C) groups is 1. The van der Waals surface area contributed by atoms with E-state index >= 15 is 0 Å². The molecule has 0 aromatic heterocycles. The fourth-order valence-corrected chi connectivity index (χ4v) is 5.34. The number of fused-ring (bicyclic) bond motifs is 1. The zero-order valence-corrected chi connectivity index (χ0v) is 18.8. The van der Waals surface area contributed by atoms with Crippen molar-refractivity contribution in [3.63, 3.8) is 0 Å². The minimum Gasteiger partial charge on any atom is -0.465 e. The van der Waals surface area contributed by atoms with Crippen molar-refractivity contribution in [2.45, 2.75) is 51.5 Å². The van der Waals surface area contributed by atoms with E-state index in [9.17, 15) is 9.59 Å². The zero-order valence-electron chi connectivity index (χ0n) is 17.2. The smallest absolute Gasteiger partial charge is 0.341 e. The number of halogens is 1. The number of rotatable bonds is 5. The number of urea groups is 1. The van der Waals surface area contributed by atoms with Gasteiger partial charge in [0.2, 0.25) is 0 Å². The number of hydrogen-bond donors (Lipinski definition) is 1. The Morgan fingerprint density at radius 3 is 2.70 bits per heavy atom. The van der Waals surface area contributed by atoms with Gasteiger partial charge in [0.15, 0.2) is 0 Å². The Hall–Kier alpha value is -2.21. The van der Waals surface area contributed by atoms with Crippen molar-refractivity contribution in [1.29, 1.82) is 0 Å². The number of esters is 1. The molecule has 1 heterocycles. The van der Waals surface area contributed by atoms with Crippen LogP contribution in [0.15, 0.2) is 45.9 Å². The molecule has 1 aliphatic carbocycles. The Kier molecular flexibility index (Phi) is 6.52. The van der Waals surface area contributed by atoms with Crippen LogP contribution in [0, 0.1) is 11.8 Å². The topological polar surface area (TPSA) is 67.8 Å². The maximum absolute atomic E-state index is 13.2. The third kappa shape index (κ3) is 4.29. The van der Waals surface area contributed by atoms with E-state index in [0.29, 0.717) is 24.7 Å². The summed E-state index contributed by atoms with van der Waals surface area (Å²) in [7, 11) is 0. The van der Waals surface area contributed by atoms with Crippen molar-refractivity contribution in [3.8, 4) is 0 Å². The lowest BCUT2D eigenvalue weighted by Gasteiger charge is -2.32. The summed E-state index contributed by atoms with van der Waals surface area (Å²) in [6, 6.07) is 11.1. The summed E-state index contributed by atoms with van der Waals surface area (Å²) in [5, 5.41) is 5.05.